The summed E-state index contributed by atoms with van der Waals surface area (Å²) in [6, 6.07) is 7.81. The van der Waals surface area contributed by atoms with E-state index in [9.17, 15) is 4.79 Å². The third kappa shape index (κ3) is 3.64. The van der Waals surface area contributed by atoms with Crippen molar-refractivity contribution in [1.29, 1.82) is 0 Å². The Morgan fingerprint density at radius 3 is 2.53 bits per heavy atom. The second kappa shape index (κ2) is 5.65. The molecule has 2 aromatic rings. The Morgan fingerprint density at radius 2 is 2.00 bits per heavy atom. The molecule has 1 amide bonds. The van der Waals surface area contributed by atoms with Crippen LogP contribution in [0.3, 0.4) is 0 Å². The van der Waals surface area contributed by atoms with E-state index in [1.807, 2.05) is 24.3 Å². The molecular formula is C14H17N3O2. The molecule has 1 N–H and O–H groups in total. The van der Waals surface area contributed by atoms with Gasteiger partial charge in [0.1, 0.15) is 6.42 Å². The number of hydrogen-bond donors (Lipinski definition) is 1. The van der Waals surface area contributed by atoms with Crippen LogP contribution in [0.15, 0.2) is 28.8 Å². The number of anilines is 1. The van der Waals surface area contributed by atoms with Crippen LogP contribution in [0.1, 0.15) is 37.0 Å². The predicted molar refractivity (Wildman–Crippen MR) is 71.9 cm³/mol. The fourth-order valence-corrected chi connectivity index (χ4v) is 1.71. The van der Waals surface area contributed by atoms with Gasteiger partial charge < -0.3 is 9.84 Å². The van der Waals surface area contributed by atoms with Gasteiger partial charge in [0.15, 0.2) is 5.82 Å². The van der Waals surface area contributed by atoms with E-state index < -0.39 is 0 Å². The third-order valence-corrected chi connectivity index (χ3v) is 2.74. The highest BCUT2D eigenvalue weighted by atomic mass is 16.5. The van der Waals surface area contributed by atoms with Crippen molar-refractivity contribution >= 4 is 11.6 Å². The van der Waals surface area contributed by atoms with Crippen LogP contribution >= 0.6 is 0 Å². The summed E-state index contributed by atoms with van der Waals surface area (Å²) in [5.41, 5.74) is 2.01. The topological polar surface area (TPSA) is 68.0 Å². The van der Waals surface area contributed by atoms with E-state index in [-0.39, 0.29) is 12.3 Å². The number of hydrogen-bond acceptors (Lipinski definition) is 4. The van der Waals surface area contributed by atoms with Gasteiger partial charge in [-0.15, -0.1) is 0 Å². The summed E-state index contributed by atoms with van der Waals surface area (Å²) < 4.78 is 4.90. The molecule has 19 heavy (non-hydrogen) atoms. The first kappa shape index (κ1) is 13.3. The van der Waals surface area contributed by atoms with E-state index in [0.717, 1.165) is 5.69 Å². The summed E-state index contributed by atoms with van der Waals surface area (Å²) >= 11 is 0. The first-order chi connectivity index (χ1) is 9.04. The van der Waals surface area contributed by atoms with E-state index in [0.29, 0.717) is 17.6 Å². The van der Waals surface area contributed by atoms with E-state index in [1.54, 1.807) is 6.92 Å². The average Bonchev–Trinajstić information content (AvgIpc) is 2.75. The lowest BCUT2D eigenvalue weighted by molar-refractivity contribution is -0.115. The molecule has 0 aliphatic heterocycles. The summed E-state index contributed by atoms with van der Waals surface area (Å²) in [7, 11) is 0. The predicted octanol–water partition coefficient (Wildman–Crippen LogP) is 2.68. The van der Waals surface area contributed by atoms with Gasteiger partial charge in [0.2, 0.25) is 11.8 Å². The normalized spacial score (nSPS) is 10.7. The highest BCUT2D eigenvalue weighted by Crippen LogP contribution is 2.17. The molecular weight excluding hydrogens is 242 g/mol. The summed E-state index contributed by atoms with van der Waals surface area (Å²) in [5.74, 6) is 1.17. The van der Waals surface area contributed by atoms with Gasteiger partial charge >= 0.3 is 0 Å². The molecule has 100 valence electrons. The smallest absolute Gasteiger partial charge is 0.236 e. The maximum atomic E-state index is 11.8. The van der Waals surface area contributed by atoms with E-state index >= 15 is 0 Å². The summed E-state index contributed by atoms with van der Waals surface area (Å²) in [4.78, 5) is 15.8. The molecule has 0 fully saturated rings. The van der Waals surface area contributed by atoms with Crippen LogP contribution in [0.5, 0.6) is 0 Å². The lowest BCUT2D eigenvalue weighted by atomic mass is 10.0. The van der Waals surface area contributed by atoms with Crippen LogP contribution in [-0.4, -0.2) is 16.0 Å². The van der Waals surface area contributed by atoms with E-state index in [4.69, 9.17) is 4.52 Å². The molecule has 0 aliphatic carbocycles. The maximum Gasteiger partial charge on any atom is 0.236 e. The monoisotopic (exact) mass is 259 g/mol. The highest BCUT2D eigenvalue weighted by molar-refractivity contribution is 5.91. The van der Waals surface area contributed by atoms with Crippen molar-refractivity contribution in [3.05, 3.63) is 41.5 Å². The number of amides is 1. The van der Waals surface area contributed by atoms with Crippen molar-refractivity contribution in [1.82, 2.24) is 10.1 Å². The van der Waals surface area contributed by atoms with Crippen LogP contribution in [0.25, 0.3) is 0 Å². The van der Waals surface area contributed by atoms with E-state index in [1.165, 1.54) is 5.56 Å². The standard InChI is InChI=1S/C14H17N3O2/c1-9(2)11-4-6-12(7-5-11)16-13(18)8-14-15-10(3)17-19-14/h4-7,9H,8H2,1-3H3,(H,16,18). The molecule has 0 aliphatic rings. The zero-order chi connectivity index (χ0) is 13.8. The van der Waals surface area contributed by atoms with E-state index in [2.05, 4.69) is 29.3 Å². The fourth-order valence-electron chi connectivity index (χ4n) is 1.71. The summed E-state index contributed by atoms with van der Waals surface area (Å²) in [6.07, 6.45) is 0.0901. The Kier molecular flexibility index (Phi) is 3.94. The Morgan fingerprint density at radius 1 is 1.32 bits per heavy atom. The lowest BCUT2D eigenvalue weighted by Crippen LogP contribution is -2.14. The Bertz CT molecular complexity index is 558. The van der Waals surface area contributed by atoms with Crippen molar-refractivity contribution in [3.8, 4) is 0 Å². The molecule has 5 heteroatoms. The second-order valence-electron chi connectivity index (χ2n) is 4.74. The Labute approximate surface area is 112 Å². The van der Waals surface area contributed by atoms with Gasteiger partial charge in [-0.1, -0.05) is 31.1 Å². The number of rotatable bonds is 4. The molecule has 0 radical (unpaired) electrons. The van der Waals surface area contributed by atoms with Crippen molar-refractivity contribution in [3.63, 3.8) is 0 Å². The maximum absolute atomic E-state index is 11.8. The van der Waals surface area contributed by atoms with Crippen molar-refractivity contribution < 1.29 is 9.32 Å². The van der Waals surface area contributed by atoms with Crippen molar-refractivity contribution in [2.24, 2.45) is 0 Å². The van der Waals surface area contributed by atoms with Crippen molar-refractivity contribution in [2.75, 3.05) is 5.32 Å². The largest absolute Gasteiger partial charge is 0.339 e. The lowest BCUT2D eigenvalue weighted by Gasteiger charge is -2.07. The molecule has 2 rings (SSSR count). The second-order valence-corrected chi connectivity index (χ2v) is 4.74. The van der Waals surface area contributed by atoms with Crippen LogP contribution in [0.2, 0.25) is 0 Å². The molecule has 1 heterocycles. The number of carbonyl (C=O) groups is 1. The molecule has 0 saturated heterocycles. The molecule has 0 saturated carbocycles. The van der Waals surface area contributed by atoms with Gasteiger partial charge in [0.25, 0.3) is 0 Å². The van der Waals surface area contributed by atoms with Crippen LogP contribution in [-0.2, 0) is 11.2 Å². The average molecular weight is 259 g/mol. The van der Waals surface area contributed by atoms with Crippen molar-refractivity contribution in [2.45, 2.75) is 33.1 Å². The zero-order valence-electron chi connectivity index (χ0n) is 11.3. The molecule has 0 bridgehead atoms. The molecule has 1 aromatic heterocycles. The van der Waals surface area contributed by atoms with Gasteiger partial charge in [0.05, 0.1) is 0 Å². The van der Waals surface area contributed by atoms with Gasteiger partial charge in [-0.2, -0.15) is 4.98 Å². The zero-order valence-corrected chi connectivity index (χ0v) is 11.3. The first-order valence-corrected chi connectivity index (χ1v) is 6.23. The first-order valence-electron chi connectivity index (χ1n) is 6.23. The van der Waals surface area contributed by atoms with Gasteiger partial charge in [-0.3, -0.25) is 4.79 Å². The number of aromatic nitrogens is 2. The number of nitrogens with zero attached hydrogens (tertiary/aromatic N) is 2. The SMILES string of the molecule is Cc1noc(CC(=O)Nc2ccc(C(C)C)cc2)n1. The van der Waals surface area contributed by atoms with Gasteiger partial charge in [-0.05, 0) is 30.5 Å². The number of aryl methyl sites for hydroxylation is 1. The van der Waals surface area contributed by atoms with Crippen LogP contribution in [0.4, 0.5) is 5.69 Å². The van der Waals surface area contributed by atoms with Crippen LogP contribution in [0, 0.1) is 6.92 Å². The third-order valence-electron chi connectivity index (χ3n) is 2.74. The fraction of sp³-hybridized carbons (Fsp3) is 0.357. The minimum absolute atomic E-state index is 0.0901. The van der Waals surface area contributed by atoms with Gasteiger partial charge in [-0.25, -0.2) is 0 Å². The molecule has 0 atom stereocenters. The number of nitrogens with one attached hydrogen (secondary N) is 1. The highest BCUT2D eigenvalue weighted by Gasteiger charge is 2.10. The summed E-state index contributed by atoms with van der Waals surface area (Å²) in [6.45, 7) is 5.98. The molecule has 1 aromatic carbocycles. The molecule has 5 nitrogen and oxygen atoms in total. The quantitative estimate of drug-likeness (QED) is 0.916. The molecule has 0 spiro atoms. The minimum Gasteiger partial charge on any atom is -0.339 e. The molecule has 0 unspecified atom stereocenters. The van der Waals surface area contributed by atoms with Crippen LogP contribution < -0.4 is 5.32 Å². The number of benzene rings is 1. The minimum atomic E-state index is -0.166. The Hall–Kier alpha value is -2.17. The summed E-state index contributed by atoms with van der Waals surface area (Å²) in [5, 5.41) is 6.44. The number of carbonyl (C=O) groups excluding carboxylic acids is 1. The van der Waals surface area contributed by atoms with Gasteiger partial charge in [0, 0.05) is 5.69 Å². The Balaban J connectivity index is 1.95.